The van der Waals surface area contributed by atoms with Crippen LogP contribution in [0.1, 0.15) is 61.3 Å². The molecule has 0 spiro atoms. The van der Waals surface area contributed by atoms with Gasteiger partial charge in [0.15, 0.2) is 11.4 Å². The van der Waals surface area contributed by atoms with Crippen LogP contribution < -0.4 is 0 Å². The number of amides is 1. The highest BCUT2D eigenvalue weighted by molar-refractivity contribution is 6.09. The Morgan fingerprint density at radius 1 is 1.14 bits per heavy atom. The smallest absolute Gasteiger partial charge is 0.410 e. The Labute approximate surface area is 169 Å². The zero-order valence-electron chi connectivity index (χ0n) is 16.8. The number of hydrogen-bond donors (Lipinski definition) is 0. The van der Waals surface area contributed by atoms with Gasteiger partial charge in [0.05, 0.1) is 6.04 Å². The number of nitrogens with zero attached hydrogens (tertiary/aromatic N) is 2. The highest BCUT2D eigenvalue weighted by atomic mass is 16.6. The van der Waals surface area contributed by atoms with E-state index in [1.807, 2.05) is 45.0 Å². The molecule has 6 heteroatoms. The Balaban J connectivity index is 1.60. The number of carbonyl (C=O) groups is 2. The molecular weight excluding hydrogens is 368 g/mol. The number of ether oxygens (including phenoxy) is 1. The monoisotopic (exact) mass is 392 g/mol. The molecule has 1 unspecified atom stereocenters. The average Bonchev–Trinajstić information content (AvgIpc) is 3.32. The van der Waals surface area contributed by atoms with E-state index in [0.29, 0.717) is 34.5 Å². The normalized spacial score (nSPS) is 16.9. The molecule has 1 fully saturated rings. The molecule has 4 rings (SSSR count). The zero-order valence-corrected chi connectivity index (χ0v) is 16.8. The second-order valence-electron chi connectivity index (χ2n) is 8.28. The van der Waals surface area contributed by atoms with Crippen molar-refractivity contribution in [2.24, 2.45) is 0 Å². The fourth-order valence-corrected chi connectivity index (χ4v) is 3.58. The van der Waals surface area contributed by atoms with Crippen molar-refractivity contribution in [3.8, 4) is 0 Å². The van der Waals surface area contributed by atoms with Gasteiger partial charge < -0.3 is 9.15 Å². The van der Waals surface area contributed by atoms with E-state index in [4.69, 9.17) is 9.15 Å². The Kier molecular flexibility index (Phi) is 4.86. The van der Waals surface area contributed by atoms with Crippen LogP contribution in [0.3, 0.4) is 0 Å². The quantitative estimate of drug-likeness (QED) is 0.578. The number of carbonyl (C=O) groups excluding carboxylic acids is 2. The number of furan rings is 1. The number of likely N-dealkylation sites (tertiary alicyclic amines) is 1. The molecule has 150 valence electrons. The lowest BCUT2D eigenvalue weighted by molar-refractivity contribution is 0.0209. The lowest BCUT2D eigenvalue weighted by atomic mass is 10.1. The predicted molar refractivity (Wildman–Crippen MR) is 109 cm³/mol. The molecule has 3 heterocycles. The second kappa shape index (κ2) is 7.35. The maximum absolute atomic E-state index is 12.7. The third-order valence-electron chi connectivity index (χ3n) is 4.90. The van der Waals surface area contributed by atoms with Gasteiger partial charge in [0, 0.05) is 29.9 Å². The highest BCUT2D eigenvalue weighted by Crippen LogP contribution is 2.36. The molecule has 0 saturated carbocycles. The van der Waals surface area contributed by atoms with Crippen molar-refractivity contribution in [1.29, 1.82) is 0 Å². The summed E-state index contributed by atoms with van der Waals surface area (Å²) in [7, 11) is 0. The van der Waals surface area contributed by atoms with E-state index >= 15 is 0 Å². The lowest BCUT2D eigenvalue weighted by Crippen LogP contribution is -2.36. The fraction of sp³-hybridized carbons (Fsp3) is 0.348. The summed E-state index contributed by atoms with van der Waals surface area (Å²) in [6.07, 6.45) is 2.91. The SMILES string of the molecule is CC(C)(C)OC(=O)N1CCCC1c1cc2ncc(C(=O)c3ccccc3)cc2o1. The molecule has 1 aliphatic rings. The molecule has 6 nitrogen and oxygen atoms in total. The Hall–Kier alpha value is -3.15. The molecule has 0 radical (unpaired) electrons. The molecule has 1 saturated heterocycles. The summed E-state index contributed by atoms with van der Waals surface area (Å²) in [5.41, 5.74) is 1.73. The molecule has 0 bridgehead atoms. The largest absolute Gasteiger partial charge is 0.457 e. The minimum absolute atomic E-state index is 0.103. The van der Waals surface area contributed by atoms with Crippen LogP contribution in [0.25, 0.3) is 11.1 Å². The first kappa shape index (κ1) is 19.2. The van der Waals surface area contributed by atoms with E-state index in [-0.39, 0.29) is 17.9 Å². The summed E-state index contributed by atoms with van der Waals surface area (Å²) in [4.78, 5) is 31.3. The summed E-state index contributed by atoms with van der Waals surface area (Å²) < 4.78 is 11.6. The Morgan fingerprint density at radius 3 is 2.62 bits per heavy atom. The second-order valence-corrected chi connectivity index (χ2v) is 8.28. The number of benzene rings is 1. The molecule has 0 N–H and O–H groups in total. The third kappa shape index (κ3) is 4.01. The van der Waals surface area contributed by atoms with Crippen LogP contribution in [0.5, 0.6) is 0 Å². The van der Waals surface area contributed by atoms with Crippen LogP contribution in [0.4, 0.5) is 4.79 Å². The van der Waals surface area contributed by atoms with E-state index in [0.717, 1.165) is 12.8 Å². The van der Waals surface area contributed by atoms with Crippen LogP contribution >= 0.6 is 0 Å². The molecular formula is C23H24N2O4. The summed E-state index contributed by atoms with van der Waals surface area (Å²) in [5, 5.41) is 0. The maximum Gasteiger partial charge on any atom is 0.410 e. The van der Waals surface area contributed by atoms with Gasteiger partial charge in [-0.05, 0) is 39.7 Å². The van der Waals surface area contributed by atoms with E-state index in [1.165, 1.54) is 0 Å². The topological polar surface area (TPSA) is 72.6 Å². The summed E-state index contributed by atoms with van der Waals surface area (Å²) in [6, 6.07) is 12.5. The van der Waals surface area contributed by atoms with Gasteiger partial charge in [-0.15, -0.1) is 0 Å². The molecule has 0 aliphatic carbocycles. The van der Waals surface area contributed by atoms with Crippen molar-refractivity contribution in [3.63, 3.8) is 0 Å². The molecule has 1 aliphatic heterocycles. The Bertz CT molecular complexity index is 1050. The first-order chi connectivity index (χ1) is 13.8. The minimum Gasteiger partial charge on any atom is -0.457 e. The number of ketones is 1. The van der Waals surface area contributed by atoms with Crippen molar-refractivity contribution in [2.45, 2.75) is 45.3 Å². The molecule has 3 aromatic rings. The number of rotatable bonds is 3. The number of pyridine rings is 1. The van der Waals surface area contributed by atoms with Gasteiger partial charge in [-0.2, -0.15) is 0 Å². The van der Waals surface area contributed by atoms with Crippen LogP contribution in [-0.4, -0.2) is 33.9 Å². The molecule has 1 atom stereocenters. The van der Waals surface area contributed by atoms with Gasteiger partial charge in [-0.3, -0.25) is 14.7 Å². The van der Waals surface area contributed by atoms with E-state index in [1.54, 1.807) is 29.3 Å². The van der Waals surface area contributed by atoms with Crippen LogP contribution in [-0.2, 0) is 4.74 Å². The van der Waals surface area contributed by atoms with Crippen molar-refractivity contribution < 1.29 is 18.7 Å². The summed E-state index contributed by atoms with van der Waals surface area (Å²) in [6.45, 7) is 6.19. The fourth-order valence-electron chi connectivity index (χ4n) is 3.58. The predicted octanol–water partition coefficient (Wildman–Crippen LogP) is 5.13. The third-order valence-corrected chi connectivity index (χ3v) is 4.90. The van der Waals surface area contributed by atoms with Gasteiger partial charge in [-0.25, -0.2) is 4.79 Å². The summed E-state index contributed by atoms with van der Waals surface area (Å²) >= 11 is 0. The van der Waals surface area contributed by atoms with Gasteiger partial charge in [0.2, 0.25) is 0 Å². The van der Waals surface area contributed by atoms with Crippen LogP contribution in [0.2, 0.25) is 0 Å². The van der Waals surface area contributed by atoms with E-state index < -0.39 is 5.60 Å². The van der Waals surface area contributed by atoms with Gasteiger partial charge in [-0.1, -0.05) is 30.3 Å². The highest BCUT2D eigenvalue weighted by Gasteiger charge is 2.35. The van der Waals surface area contributed by atoms with Crippen molar-refractivity contribution in [1.82, 2.24) is 9.88 Å². The van der Waals surface area contributed by atoms with Crippen LogP contribution in [0, 0.1) is 0 Å². The molecule has 1 amide bonds. The Morgan fingerprint density at radius 2 is 1.90 bits per heavy atom. The van der Waals surface area contributed by atoms with Crippen molar-refractivity contribution in [2.75, 3.05) is 6.54 Å². The lowest BCUT2D eigenvalue weighted by Gasteiger charge is -2.27. The number of fused-ring (bicyclic) bond motifs is 1. The number of aromatic nitrogens is 1. The van der Waals surface area contributed by atoms with E-state index in [9.17, 15) is 9.59 Å². The average molecular weight is 392 g/mol. The van der Waals surface area contributed by atoms with Crippen molar-refractivity contribution >= 4 is 23.0 Å². The van der Waals surface area contributed by atoms with Crippen molar-refractivity contribution in [3.05, 3.63) is 65.5 Å². The maximum atomic E-state index is 12.7. The summed E-state index contributed by atoms with van der Waals surface area (Å²) in [5.74, 6) is 0.564. The molecule has 2 aromatic heterocycles. The van der Waals surface area contributed by atoms with Crippen LogP contribution in [0.15, 0.2) is 53.1 Å². The van der Waals surface area contributed by atoms with Gasteiger partial charge >= 0.3 is 6.09 Å². The first-order valence-corrected chi connectivity index (χ1v) is 9.81. The number of hydrogen-bond acceptors (Lipinski definition) is 5. The molecule has 1 aromatic carbocycles. The van der Waals surface area contributed by atoms with Gasteiger partial charge in [0.25, 0.3) is 0 Å². The zero-order chi connectivity index (χ0) is 20.6. The van der Waals surface area contributed by atoms with Gasteiger partial charge in [0.1, 0.15) is 16.9 Å². The van der Waals surface area contributed by atoms with E-state index in [2.05, 4.69) is 4.98 Å². The first-order valence-electron chi connectivity index (χ1n) is 9.81. The minimum atomic E-state index is -0.549. The standard InChI is InChI=1S/C23H24N2O4/c1-23(2,3)29-22(27)25-11-7-10-18(25)20-13-17-19(28-20)12-16(14-24-17)21(26)15-8-5-4-6-9-15/h4-6,8-9,12-14,18H,7,10-11H2,1-3H3. The molecule has 29 heavy (non-hydrogen) atoms.